The van der Waals surface area contributed by atoms with Crippen molar-refractivity contribution in [3.8, 4) is 0 Å². The van der Waals surface area contributed by atoms with Crippen molar-refractivity contribution in [2.45, 2.75) is 19.4 Å². The highest BCUT2D eigenvalue weighted by molar-refractivity contribution is 14.1. The molecule has 0 aliphatic heterocycles. The average molecular weight is 305 g/mol. The number of halogens is 1. The molecule has 3 nitrogen and oxygen atoms in total. The van der Waals surface area contributed by atoms with Crippen LogP contribution in [0.1, 0.15) is 35.3 Å². The van der Waals surface area contributed by atoms with E-state index in [2.05, 4.69) is 22.6 Å². The van der Waals surface area contributed by atoms with Gasteiger partial charge in [-0.25, -0.2) is 4.79 Å². The van der Waals surface area contributed by atoms with Crippen molar-refractivity contribution in [1.82, 2.24) is 0 Å². The third kappa shape index (κ3) is 2.45. The van der Waals surface area contributed by atoms with E-state index in [1.165, 1.54) is 0 Å². The van der Waals surface area contributed by atoms with Crippen LogP contribution in [0.15, 0.2) is 18.2 Å². The zero-order valence-corrected chi connectivity index (χ0v) is 9.98. The number of carboxylic acid groups (broad SMARTS) is 1. The van der Waals surface area contributed by atoms with Crippen molar-refractivity contribution in [2.24, 2.45) is 5.73 Å². The van der Waals surface area contributed by atoms with Gasteiger partial charge < -0.3 is 10.8 Å². The van der Waals surface area contributed by atoms with E-state index in [0.29, 0.717) is 5.56 Å². The molecule has 0 saturated heterocycles. The van der Waals surface area contributed by atoms with Gasteiger partial charge in [0.2, 0.25) is 0 Å². The Morgan fingerprint density at radius 1 is 1.64 bits per heavy atom. The molecular formula is C10H12INO2. The molecule has 0 spiro atoms. The van der Waals surface area contributed by atoms with Gasteiger partial charge in [-0.2, -0.15) is 0 Å². The van der Waals surface area contributed by atoms with E-state index in [4.69, 9.17) is 10.8 Å². The van der Waals surface area contributed by atoms with Gasteiger partial charge in [0.25, 0.3) is 0 Å². The van der Waals surface area contributed by atoms with Gasteiger partial charge in [-0.3, -0.25) is 0 Å². The zero-order valence-electron chi connectivity index (χ0n) is 7.83. The van der Waals surface area contributed by atoms with Crippen LogP contribution in [-0.2, 0) is 0 Å². The molecule has 0 fully saturated rings. The van der Waals surface area contributed by atoms with E-state index in [-0.39, 0.29) is 6.04 Å². The molecule has 0 saturated carbocycles. The number of hydrogen-bond acceptors (Lipinski definition) is 2. The van der Waals surface area contributed by atoms with Gasteiger partial charge in [0, 0.05) is 9.61 Å². The van der Waals surface area contributed by atoms with E-state index in [0.717, 1.165) is 15.6 Å². The Kier molecular flexibility index (Phi) is 3.88. The quantitative estimate of drug-likeness (QED) is 0.843. The summed E-state index contributed by atoms with van der Waals surface area (Å²) in [4.78, 5) is 10.7. The number of nitrogens with two attached hydrogens (primary N) is 1. The van der Waals surface area contributed by atoms with Gasteiger partial charge in [0.05, 0.1) is 5.56 Å². The fraction of sp³-hybridized carbons (Fsp3) is 0.300. The Morgan fingerprint density at radius 2 is 2.29 bits per heavy atom. The van der Waals surface area contributed by atoms with Crippen LogP contribution >= 0.6 is 22.6 Å². The minimum Gasteiger partial charge on any atom is -0.478 e. The van der Waals surface area contributed by atoms with Crippen LogP contribution in [0.5, 0.6) is 0 Å². The first-order valence-electron chi connectivity index (χ1n) is 4.34. The monoisotopic (exact) mass is 305 g/mol. The first-order valence-corrected chi connectivity index (χ1v) is 5.42. The van der Waals surface area contributed by atoms with Crippen molar-refractivity contribution in [2.75, 3.05) is 0 Å². The predicted molar refractivity (Wildman–Crippen MR) is 63.3 cm³/mol. The van der Waals surface area contributed by atoms with E-state index in [1.54, 1.807) is 18.2 Å². The second-order valence-corrected chi connectivity index (χ2v) is 4.22. The fourth-order valence-electron chi connectivity index (χ4n) is 1.18. The van der Waals surface area contributed by atoms with Gasteiger partial charge in [-0.05, 0) is 46.7 Å². The van der Waals surface area contributed by atoms with Crippen molar-refractivity contribution < 1.29 is 9.90 Å². The third-order valence-electron chi connectivity index (χ3n) is 2.09. The van der Waals surface area contributed by atoms with Crippen LogP contribution in [0.2, 0.25) is 0 Å². The molecule has 0 amide bonds. The van der Waals surface area contributed by atoms with Gasteiger partial charge in [0.1, 0.15) is 0 Å². The van der Waals surface area contributed by atoms with Crippen molar-refractivity contribution in [1.29, 1.82) is 0 Å². The highest BCUT2D eigenvalue weighted by Crippen LogP contribution is 2.21. The summed E-state index contributed by atoms with van der Waals surface area (Å²) >= 11 is 2.11. The number of carbonyl (C=O) groups is 1. The van der Waals surface area contributed by atoms with E-state index in [9.17, 15) is 4.79 Å². The van der Waals surface area contributed by atoms with Gasteiger partial charge in [-0.1, -0.05) is 13.0 Å². The lowest BCUT2D eigenvalue weighted by Crippen LogP contribution is -2.11. The number of aromatic carboxylic acids is 1. The van der Waals surface area contributed by atoms with Crippen LogP contribution in [0, 0.1) is 3.57 Å². The molecular weight excluding hydrogens is 293 g/mol. The van der Waals surface area contributed by atoms with Crippen molar-refractivity contribution >= 4 is 28.6 Å². The number of hydrogen-bond donors (Lipinski definition) is 2. The van der Waals surface area contributed by atoms with E-state index >= 15 is 0 Å². The van der Waals surface area contributed by atoms with Crippen molar-refractivity contribution in [3.63, 3.8) is 0 Å². The molecule has 1 atom stereocenters. The Balaban J connectivity index is 3.07. The summed E-state index contributed by atoms with van der Waals surface area (Å²) in [5.41, 5.74) is 7.19. The minimum atomic E-state index is -0.903. The van der Waals surface area contributed by atoms with Crippen LogP contribution in [0.4, 0.5) is 0 Å². The molecule has 1 unspecified atom stereocenters. The second kappa shape index (κ2) is 4.75. The van der Waals surface area contributed by atoms with Gasteiger partial charge in [-0.15, -0.1) is 0 Å². The molecule has 14 heavy (non-hydrogen) atoms. The molecule has 4 heteroatoms. The summed E-state index contributed by atoms with van der Waals surface area (Å²) in [5.74, 6) is -0.903. The molecule has 0 aliphatic carbocycles. The smallest absolute Gasteiger partial charge is 0.335 e. The lowest BCUT2D eigenvalue weighted by molar-refractivity contribution is 0.0697. The Bertz CT molecular complexity index is 352. The summed E-state index contributed by atoms with van der Waals surface area (Å²) in [6.07, 6.45) is 0.850. The maximum atomic E-state index is 10.7. The molecule has 1 aromatic rings. The molecule has 0 bridgehead atoms. The number of carboxylic acids is 1. The summed E-state index contributed by atoms with van der Waals surface area (Å²) in [6.45, 7) is 2.01. The molecule has 1 rings (SSSR count). The van der Waals surface area contributed by atoms with E-state index in [1.807, 2.05) is 6.92 Å². The molecule has 76 valence electrons. The molecule has 3 N–H and O–H groups in total. The molecule has 0 radical (unpaired) electrons. The highest BCUT2D eigenvalue weighted by atomic mass is 127. The Labute approximate surface area is 96.4 Å². The van der Waals surface area contributed by atoms with Gasteiger partial charge >= 0.3 is 5.97 Å². The first kappa shape index (κ1) is 11.5. The normalized spacial score (nSPS) is 12.5. The first-order chi connectivity index (χ1) is 6.56. The van der Waals surface area contributed by atoms with Crippen molar-refractivity contribution in [3.05, 3.63) is 32.9 Å². The second-order valence-electron chi connectivity index (χ2n) is 3.06. The predicted octanol–water partition coefficient (Wildman–Crippen LogP) is 2.40. The Hall–Kier alpha value is -0.620. The highest BCUT2D eigenvalue weighted by Gasteiger charge is 2.10. The van der Waals surface area contributed by atoms with Crippen LogP contribution in [-0.4, -0.2) is 11.1 Å². The fourth-order valence-corrected chi connectivity index (χ4v) is 2.10. The minimum absolute atomic E-state index is 0.00950. The van der Waals surface area contributed by atoms with Crippen LogP contribution in [0.25, 0.3) is 0 Å². The lowest BCUT2D eigenvalue weighted by Gasteiger charge is -2.11. The zero-order chi connectivity index (χ0) is 10.7. The molecule has 0 aromatic heterocycles. The topological polar surface area (TPSA) is 63.3 Å². The lowest BCUT2D eigenvalue weighted by atomic mass is 10.0. The average Bonchev–Trinajstić information content (AvgIpc) is 2.16. The summed E-state index contributed by atoms with van der Waals surface area (Å²) in [5, 5.41) is 8.76. The largest absolute Gasteiger partial charge is 0.478 e. The standard InChI is InChI=1S/C10H12INO2/c1-2-9(12)7-4-3-6(10(13)14)5-8(7)11/h3-5,9H,2,12H2,1H3,(H,13,14). The number of rotatable bonds is 3. The SMILES string of the molecule is CCC(N)c1ccc(C(=O)O)cc1I. The number of benzene rings is 1. The maximum Gasteiger partial charge on any atom is 0.335 e. The third-order valence-corrected chi connectivity index (χ3v) is 3.02. The summed E-state index contributed by atoms with van der Waals surface area (Å²) in [7, 11) is 0. The Morgan fingerprint density at radius 3 is 2.71 bits per heavy atom. The molecule has 0 aliphatic rings. The van der Waals surface area contributed by atoms with E-state index < -0.39 is 5.97 Å². The van der Waals surface area contributed by atoms with Crippen LogP contribution in [0.3, 0.4) is 0 Å². The van der Waals surface area contributed by atoms with Gasteiger partial charge in [0.15, 0.2) is 0 Å². The summed E-state index contributed by atoms with van der Waals surface area (Å²) < 4.78 is 0.914. The van der Waals surface area contributed by atoms with Crippen LogP contribution < -0.4 is 5.73 Å². The molecule has 1 aromatic carbocycles. The molecule has 0 heterocycles. The summed E-state index contributed by atoms with van der Waals surface area (Å²) in [6, 6.07) is 5.02. The maximum absolute atomic E-state index is 10.7.